The molecule has 1 aliphatic rings. The molecule has 1 aliphatic heterocycles. The van der Waals surface area contributed by atoms with E-state index in [1.165, 1.54) is 13.2 Å². The Morgan fingerprint density at radius 1 is 1.45 bits per heavy atom. The molecule has 3 rings (SSSR count). The molecule has 0 unspecified atom stereocenters. The number of aliphatic hydroxyl groups is 1. The molecular formula is C13H15N3O4. The van der Waals surface area contributed by atoms with Gasteiger partial charge in [-0.25, -0.2) is 0 Å². The van der Waals surface area contributed by atoms with Crippen LogP contribution in [0.4, 0.5) is 0 Å². The van der Waals surface area contributed by atoms with Crippen molar-refractivity contribution < 1.29 is 19.5 Å². The van der Waals surface area contributed by atoms with Crippen LogP contribution in [0.2, 0.25) is 0 Å². The summed E-state index contributed by atoms with van der Waals surface area (Å²) in [5, 5.41) is 26.1. The van der Waals surface area contributed by atoms with Crippen molar-refractivity contribution in [2.45, 2.75) is 18.6 Å². The average molecular weight is 277 g/mol. The molecule has 0 amide bonds. The lowest BCUT2D eigenvalue weighted by molar-refractivity contribution is 0.191. The van der Waals surface area contributed by atoms with Crippen molar-refractivity contribution in [1.29, 1.82) is 0 Å². The fraction of sp³-hybridized carbons (Fsp3) is 0.385. The van der Waals surface area contributed by atoms with Crippen molar-refractivity contribution >= 4 is 0 Å². The minimum absolute atomic E-state index is 0.0561. The molecule has 2 heterocycles. The van der Waals surface area contributed by atoms with Crippen LogP contribution in [0.5, 0.6) is 11.5 Å². The topological polar surface area (TPSA) is 101 Å². The Bertz CT molecular complexity index is 613. The molecule has 0 spiro atoms. The van der Waals surface area contributed by atoms with Crippen LogP contribution in [0.25, 0.3) is 11.4 Å². The predicted octanol–water partition coefficient (Wildman–Crippen LogP) is 0.846. The number of ether oxygens (including phenoxy) is 1. The van der Waals surface area contributed by atoms with Gasteiger partial charge in [0.2, 0.25) is 11.7 Å². The van der Waals surface area contributed by atoms with Crippen molar-refractivity contribution in [2.75, 3.05) is 13.7 Å². The highest BCUT2D eigenvalue weighted by Gasteiger charge is 2.28. The average Bonchev–Trinajstić information content (AvgIpc) is 3.08. The highest BCUT2D eigenvalue weighted by Crippen LogP contribution is 2.31. The van der Waals surface area contributed by atoms with Gasteiger partial charge in [0, 0.05) is 12.1 Å². The second-order valence-corrected chi connectivity index (χ2v) is 4.69. The molecule has 7 nitrogen and oxygen atoms in total. The molecule has 20 heavy (non-hydrogen) atoms. The molecule has 2 aromatic rings. The first kappa shape index (κ1) is 12.9. The van der Waals surface area contributed by atoms with E-state index in [1.54, 1.807) is 12.1 Å². The lowest BCUT2D eigenvalue weighted by Crippen LogP contribution is -2.15. The molecule has 1 aromatic heterocycles. The molecule has 106 valence electrons. The van der Waals surface area contributed by atoms with E-state index in [1.807, 2.05) is 0 Å². The summed E-state index contributed by atoms with van der Waals surface area (Å²) in [4.78, 5) is 4.31. The second-order valence-electron chi connectivity index (χ2n) is 4.69. The minimum atomic E-state index is -0.385. The fourth-order valence-electron chi connectivity index (χ4n) is 2.22. The highest BCUT2D eigenvalue weighted by atomic mass is 16.5. The van der Waals surface area contributed by atoms with Gasteiger partial charge < -0.3 is 24.8 Å². The van der Waals surface area contributed by atoms with Crippen LogP contribution >= 0.6 is 0 Å². The molecule has 1 saturated heterocycles. The van der Waals surface area contributed by atoms with Crippen LogP contribution in [-0.2, 0) is 0 Å². The molecular weight excluding hydrogens is 262 g/mol. The number of aromatic hydroxyl groups is 1. The van der Waals surface area contributed by atoms with Gasteiger partial charge in [0.25, 0.3) is 0 Å². The van der Waals surface area contributed by atoms with Crippen molar-refractivity contribution in [3.8, 4) is 22.9 Å². The molecule has 0 radical (unpaired) electrons. The maximum Gasteiger partial charge on any atom is 0.244 e. The summed E-state index contributed by atoms with van der Waals surface area (Å²) in [6, 6.07) is 4.72. The lowest BCUT2D eigenvalue weighted by Gasteiger charge is -2.04. The quantitative estimate of drug-likeness (QED) is 0.764. The number of methoxy groups -OCH3 is 1. The van der Waals surface area contributed by atoms with Crippen LogP contribution in [0, 0.1) is 0 Å². The molecule has 7 heteroatoms. The summed E-state index contributed by atoms with van der Waals surface area (Å²) >= 11 is 0. The summed E-state index contributed by atoms with van der Waals surface area (Å²) < 4.78 is 10.3. The van der Waals surface area contributed by atoms with Crippen molar-refractivity contribution in [2.24, 2.45) is 0 Å². The van der Waals surface area contributed by atoms with Gasteiger partial charge >= 0.3 is 0 Å². The zero-order valence-corrected chi connectivity index (χ0v) is 10.9. The number of hydrogen-bond donors (Lipinski definition) is 3. The summed E-state index contributed by atoms with van der Waals surface area (Å²) in [6.07, 6.45) is 0.171. The standard InChI is InChI=1S/C13H15N3O4/c1-19-11-4-7(2-3-10(11)18)12-15-13(20-16-12)9-5-8(17)6-14-9/h2-4,8-9,14,17-18H,5-6H2,1H3/t8-,9-/m1/s1. The number of benzene rings is 1. The molecule has 1 aromatic carbocycles. The summed E-state index contributed by atoms with van der Waals surface area (Å²) in [5.41, 5.74) is 0.688. The number of nitrogens with zero attached hydrogens (tertiary/aromatic N) is 2. The first-order chi connectivity index (χ1) is 9.67. The molecule has 1 fully saturated rings. The van der Waals surface area contributed by atoms with Crippen molar-refractivity contribution in [3.63, 3.8) is 0 Å². The zero-order chi connectivity index (χ0) is 14.1. The van der Waals surface area contributed by atoms with Gasteiger partial charge in [-0.1, -0.05) is 5.16 Å². The lowest BCUT2D eigenvalue weighted by atomic mass is 10.2. The van der Waals surface area contributed by atoms with Gasteiger partial charge in [0.1, 0.15) is 0 Å². The second kappa shape index (κ2) is 5.10. The Morgan fingerprint density at radius 2 is 2.30 bits per heavy atom. The number of hydrogen-bond acceptors (Lipinski definition) is 7. The Labute approximate surface area is 115 Å². The van der Waals surface area contributed by atoms with E-state index < -0.39 is 0 Å². The van der Waals surface area contributed by atoms with E-state index in [9.17, 15) is 10.2 Å². The Morgan fingerprint density at radius 3 is 3.00 bits per heavy atom. The normalized spacial score (nSPS) is 22.1. The zero-order valence-electron chi connectivity index (χ0n) is 10.9. The van der Waals surface area contributed by atoms with Crippen molar-refractivity contribution in [3.05, 3.63) is 24.1 Å². The maximum absolute atomic E-state index is 9.56. The van der Waals surface area contributed by atoms with Crippen LogP contribution < -0.4 is 10.1 Å². The largest absolute Gasteiger partial charge is 0.504 e. The van der Waals surface area contributed by atoms with Gasteiger partial charge in [-0.2, -0.15) is 4.98 Å². The summed E-state index contributed by atoms with van der Waals surface area (Å²) in [6.45, 7) is 0.523. The molecule has 0 saturated carbocycles. The van der Waals surface area contributed by atoms with E-state index in [2.05, 4.69) is 15.5 Å². The molecule has 0 bridgehead atoms. The van der Waals surface area contributed by atoms with Gasteiger partial charge in [-0.3, -0.25) is 0 Å². The van der Waals surface area contributed by atoms with Gasteiger partial charge in [0.05, 0.1) is 19.3 Å². The van der Waals surface area contributed by atoms with Crippen LogP contribution in [-0.4, -0.2) is 40.1 Å². The summed E-state index contributed by atoms with van der Waals surface area (Å²) in [5.74, 6) is 1.27. The van der Waals surface area contributed by atoms with Crippen LogP contribution in [0.15, 0.2) is 22.7 Å². The number of nitrogens with one attached hydrogen (secondary N) is 1. The van der Waals surface area contributed by atoms with Gasteiger partial charge in [0.15, 0.2) is 11.5 Å². The third kappa shape index (κ3) is 2.33. The van der Waals surface area contributed by atoms with Gasteiger partial charge in [-0.15, -0.1) is 0 Å². The maximum atomic E-state index is 9.56. The third-order valence-corrected chi connectivity index (χ3v) is 3.29. The molecule has 3 N–H and O–H groups in total. The predicted molar refractivity (Wildman–Crippen MR) is 69.3 cm³/mol. The van der Waals surface area contributed by atoms with Crippen molar-refractivity contribution in [1.82, 2.24) is 15.5 Å². The SMILES string of the molecule is COc1cc(-c2noc([C@H]3C[C@@H](O)CN3)n2)ccc1O. The van der Waals surface area contributed by atoms with E-state index >= 15 is 0 Å². The molecule has 2 atom stereocenters. The molecule has 0 aliphatic carbocycles. The van der Waals surface area contributed by atoms with E-state index in [4.69, 9.17) is 9.26 Å². The minimum Gasteiger partial charge on any atom is -0.504 e. The number of phenols is 1. The Balaban J connectivity index is 1.86. The fourth-order valence-corrected chi connectivity index (χ4v) is 2.22. The van der Waals surface area contributed by atoms with Crippen LogP contribution in [0.1, 0.15) is 18.4 Å². The van der Waals surface area contributed by atoms with Gasteiger partial charge in [-0.05, 0) is 24.6 Å². The van der Waals surface area contributed by atoms with E-state index in [0.717, 1.165) is 0 Å². The summed E-state index contributed by atoms with van der Waals surface area (Å²) in [7, 11) is 1.48. The third-order valence-electron chi connectivity index (χ3n) is 3.29. The first-order valence-electron chi connectivity index (χ1n) is 6.30. The van der Waals surface area contributed by atoms with E-state index in [0.29, 0.717) is 36.0 Å². The number of β-amino-alcohol motifs (C(OH)–C–C–N with tert-alkyl or cyclic N) is 1. The first-order valence-corrected chi connectivity index (χ1v) is 6.30. The number of phenolic OH excluding ortho intramolecular Hbond substituents is 1. The number of aliphatic hydroxyl groups excluding tert-OH is 1. The number of rotatable bonds is 3. The number of aromatic nitrogens is 2. The Hall–Kier alpha value is -2.12. The van der Waals surface area contributed by atoms with E-state index in [-0.39, 0.29) is 17.9 Å². The smallest absolute Gasteiger partial charge is 0.244 e. The monoisotopic (exact) mass is 277 g/mol. The highest BCUT2D eigenvalue weighted by molar-refractivity contribution is 5.60. The Kier molecular flexibility index (Phi) is 3.29. The van der Waals surface area contributed by atoms with Crippen LogP contribution in [0.3, 0.4) is 0 Å².